The summed E-state index contributed by atoms with van der Waals surface area (Å²) < 4.78 is 28.9. The first-order valence-electron chi connectivity index (χ1n) is 19.2. The van der Waals surface area contributed by atoms with E-state index in [4.69, 9.17) is 19.7 Å². The second-order valence-corrected chi connectivity index (χ2v) is 18.2. The number of rotatable bonds is 10. The second kappa shape index (κ2) is 13.0. The lowest BCUT2D eigenvalue weighted by Crippen LogP contribution is -2.64. The number of benzene rings is 1. The van der Waals surface area contributed by atoms with Crippen LogP contribution in [0.1, 0.15) is 86.1 Å². The molecular formula is C41H47FN8O4S. The van der Waals surface area contributed by atoms with Crippen LogP contribution in [0.2, 0.25) is 0 Å². The van der Waals surface area contributed by atoms with Gasteiger partial charge in [-0.25, -0.2) is 19.2 Å². The van der Waals surface area contributed by atoms with Crippen LogP contribution in [0.4, 0.5) is 26.8 Å². The average Bonchev–Trinajstić information content (AvgIpc) is 3.72. The summed E-state index contributed by atoms with van der Waals surface area (Å²) in [6, 6.07) is 6.80. The van der Waals surface area contributed by atoms with E-state index in [1.54, 1.807) is 18.3 Å². The van der Waals surface area contributed by atoms with Gasteiger partial charge in [0.2, 0.25) is 0 Å². The maximum atomic E-state index is 14.4. The van der Waals surface area contributed by atoms with Crippen LogP contribution in [0.3, 0.4) is 0 Å². The number of halogens is 1. The van der Waals surface area contributed by atoms with E-state index in [2.05, 4.69) is 50.7 Å². The van der Waals surface area contributed by atoms with Crippen molar-refractivity contribution in [3.8, 4) is 11.1 Å². The van der Waals surface area contributed by atoms with Crippen molar-refractivity contribution in [3.63, 3.8) is 0 Å². The van der Waals surface area contributed by atoms with Gasteiger partial charge in [-0.05, 0) is 99.7 Å². The third-order valence-electron chi connectivity index (χ3n) is 12.6. The summed E-state index contributed by atoms with van der Waals surface area (Å²) in [5, 5.41) is 27.9. The molecule has 55 heavy (non-hydrogen) atoms. The van der Waals surface area contributed by atoms with Crippen LogP contribution >= 0.6 is 11.3 Å². The van der Waals surface area contributed by atoms with Crippen molar-refractivity contribution in [1.82, 2.24) is 29.9 Å². The van der Waals surface area contributed by atoms with Crippen LogP contribution in [-0.2, 0) is 22.4 Å². The van der Waals surface area contributed by atoms with Crippen LogP contribution in [0.5, 0.6) is 0 Å². The summed E-state index contributed by atoms with van der Waals surface area (Å²) in [5.74, 6) is 0.445. The summed E-state index contributed by atoms with van der Waals surface area (Å²) >= 11 is 1.24. The normalized spacial score (nSPS) is 26.8. The zero-order chi connectivity index (χ0) is 38.3. The van der Waals surface area contributed by atoms with Gasteiger partial charge < -0.3 is 24.8 Å². The number of carbonyl (C=O) groups is 1. The SMILES string of the molecule is COC(=O)c1nccc(N2CCCc3c2nnc(Nc2nc4cccc(F)c4s2)c3C)c1-c1cnn(CC23CC4(C)CC(C)(C2)CC(OCCO)(C4)C3)c1C. The van der Waals surface area contributed by atoms with E-state index in [9.17, 15) is 14.3 Å². The van der Waals surface area contributed by atoms with E-state index < -0.39 is 5.97 Å². The van der Waals surface area contributed by atoms with Crippen molar-refractivity contribution in [2.75, 3.05) is 37.1 Å². The molecule has 1 aliphatic heterocycles. The van der Waals surface area contributed by atoms with Gasteiger partial charge in [-0.1, -0.05) is 31.3 Å². The minimum absolute atomic E-state index is 0.00507. The van der Waals surface area contributed by atoms with Crippen LogP contribution in [-0.4, -0.2) is 73.5 Å². The van der Waals surface area contributed by atoms with Gasteiger partial charge in [0.05, 0.1) is 48.0 Å². The molecule has 2 unspecified atom stereocenters. The molecule has 12 nitrogen and oxygen atoms in total. The maximum Gasteiger partial charge on any atom is 0.357 e. The van der Waals surface area contributed by atoms with Crippen LogP contribution in [0.25, 0.3) is 21.3 Å². The Hall–Kier alpha value is -4.53. The molecule has 14 heteroatoms. The van der Waals surface area contributed by atoms with Crippen LogP contribution in [0.15, 0.2) is 36.7 Å². The van der Waals surface area contributed by atoms with E-state index in [0.717, 1.165) is 79.6 Å². The molecule has 2 N–H and O–H groups in total. The Morgan fingerprint density at radius 3 is 2.62 bits per heavy atom. The van der Waals surface area contributed by atoms with Crippen LogP contribution < -0.4 is 10.2 Å². The molecular weight excluding hydrogens is 720 g/mol. The van der Waals surface area contributed by atoms with Crippen molar-refractivity contribution in [3.05, 3.63) is 65.0 Å². The van der Waals surface area contributed by atoms with E-state index >= 15 is 0 Å². The minimum atomic E-state index is -0.528. The lowest BCUT2D eigenvalue weighted by atomic mass is 9.39. The minimum Gasteiger partial charge on any atom is -0.464 e. The average molecular weight is 767 g/mol. The highest BCUT2D eigenvalue weighted by Crippen LogP contribution is 2.72. The molecule has 1 aromatic carbocycles. The van der Waals surface area contributed by atoms with Gasteiger partial charge in [0.15, 0.2) is 22.5 Å². The zero-order valence-corrected chi connectivity index (χ0v) is 32.9. The first kappa shape index (κ1) is 36.1. The Bertz CT molecular complexity index is 2320. The Labute approximate surface area is 323 Å². The Morgan fingerprint density at radius 2 is 1.87 bits per heavy atom. The monoisotopic (exact) mass is 766 g/mol. The molecule has 288 valence electrons. The molecule has 0 saturated heterocycles. The number of esters is 1. The highest BCUT2D eigenvalue weighted by Gasteiger charge is 2.66. The van der Waals surface area contributed by atoms with Gasteiger partial charge in [-0.15, -0.1) is 10.2 Å². The van der Waals surface area contributed by atoms with Crippen molar-refractivity contribution < 1.29 is 23.8 Å². The fourth-order valence-electron chi connectivity index (χ4n) is 11.8. The zero-order valence-electron chi connectivity index (χ0n) is 32.0. The van der Waals surface area contributed by atoms with Gasteiger partial charge in [0, 0.05) is 47.2 Å². The standard InChI is InChI=1S/C41H47FN8O4S/c1-24-26-8-7-13-49(35(26)48-47-34(24)46-37-45-29-10-6-9-28(42)33(29)55-37)30-11-12-43-32(36(52)53-5)31(30)27-16-44-50(25(27)2)23-40-18-38(3)17-39(4,19-40)21-41(20-38,22-40)54-15-14-51/h6,9-12,16,51H,7-8,13-15,17-23H2,1-5H3,(H,45,46,47). The summed E-state index contributed by atoms with van der Waals surface area (Å²) in [5.41, 5.74) is 6.05. The van der Waals surface area contributed by atoms with Crippen LogP contribution in [0, 0.1) is 35.9 Å². The van der Waals surface area contributed by atoms with Crippen molar-refractivity contribution in [2.45, 2.75) is 91.2 Å². The number of fused-ring (bicyclic) bond motifs is 2. The quantitative estimate of drug-likeness (QED) is 0.134. The third-order valence-corrected chi connectivity index (χ3v) is 13.6. The summed E-state index contributed by atoms with van der Waals surface area (Å²) in [4.78, 5) is 24.7. The molecule has 4 fully saturated rings. The number of methoxy groups -OCH3 is 1. The Balaban J connectivity index is 1.08. The predicted octanol–water partition coefficient (Wildman–Crippen LogP) is 7.84. The van der Waals surface area contributed by atoms with Crippen molar-refractivity contribution in [2.24, 2.45) is 16.2 Å². The van der Waals surface area contributed by atoms with E-state index in [0.29, 0.717) is 45.7 Å². The van der Waals surface area contributed by atoms with Gasteiger partial charge >= 0.3 is 5.97 Å². The maximum absolute atomic E-state index is 14.4. The van der Waals surface area contributed by atoms with E-state index in [1.807, 2.05) is 19.2 Å². The van der Waals surface area contributed by atoms with E-state index in [-0.39, 0.29) is 40.0 Å². The third kappa shape index (κ3) is 6.07. The summed E-state index contributed by atoms with van der Waals surface area (Å²) in [6.07, 6.45) is 11.5. The molecule has 0 radical (unpaired) electrons. The molecule has 4 saturated carbocycles. The van der Waals surface area contributed by atoms with E-state index in [1.165, 1.54) is 30.9 Å². The number of pyridine rings is 1. The first-order chi connectivity index (χ1) is 26.4. The predicted molar refractivity (Wildman–Crippen MR) is 209 cm³/mol. The Morgan fingerprint density at radius 1 is 1.07 bits per heavy atom. The molecule has 0 amide bonds. The number of hydrogen-bond acceptors (Lipinski definition) is 12. The largest absolute Gasteiger partial charge is 0.464 e. The number of carbonyl (C=O) groups excluding carboxylic acids is 1. The second-order valence-electron chi connectivity index (χ2n) is 17.2. The summed E-state index contributed by atoms with van der Waals surface area (Å²) in [7, 11) is 1.37. The molecule has 4 aliphatic carbocycles. The molecule has 5 aromatic rings. The lowest BCUT2D eigenvalue weighted by Gasteiger charge is -2.69. The molecule has 5 aliphatic rings. The number of hydrogen-bond donors (Lipinski definition) is 2. The molecule has 2 atom stereocenters. The van der Waals surface area contributed by atoms with Crippen molar-refractivity contribution in [1.29, 1.82) is 0 Å². The van der Waals surface area contributed by atoms with Gasteiger partial charge in [0.25, 0.3) is 0 Å². The van der Waals surface area contributed by atoms with Gasteiger partial charge in [-0.2, -0.15) is 5.10 Å². The number of nitrogens with one attached hydrogen (secondary N) is 1. The molecule has 4 aromatic heterocycles. The first-order valence-corrected chi connectivity index (χ1v) is 20.0. The number of nitrogens with zero attached hydrogens (tertiary/aromatic N) is 7. The molecule has 5 heterocycles. The molecule has 0 spiro atoms. The number of thiazole rings is 1. The highest BCUT2D eigenvalue weighted by atomic mass is 32.1. The number of aliphatic hydroxyl groups excluding tert-OH is 1. The fraction of sp³-hybridized carbons (Fsp3) is 0.512. The van der Waals surface area contributed by atoms with Crippen molar-refractivity contribution >= 4 is 50.0 Å². The fourth-order valence-corrected chi connectivity index (χ4v) is 12.6. The number of aliphatic hydroxyl groups is 1. The molecule has 10 rings (SSSR count). The highest BCUT2D eigenvalue weighted by molar-refractivity contribution is 7.22. The van der Waals surface area contributed by atoms with Gasteiger partial charge in [0.1, 0.15) is 5.82 Å². The smallest absolute Gasteiger partial charge is 0.357 e. The molecule has 4 bridgehead atoms. The lowest BCUT2D eigenvalue weighted by molar-refractivity contribution is -0.250. The summed E-state index contributed by atoms with van der Waals surface area (Å²) in [6.45, 7) is 10.7. The number of anilines is 4. The van der Waals surface area contributed by atoms with Gasteiger partial charge in [-0.3, -0.25) is 4.68 Å². The number of ether oxygens (including phenoxy) is 2. The topological polar surface area (TPSA) is 140 Å². The Kier molecular flexibility index (Phi) is 8.55. The number of aromatic nitrogens is 6.